The molecule has 0 spiro atoms. The van der Waals surface area contributed by atoms with Gasteiger partial charge in [-0.25, -0.2) is 0 Å². The van der Waals surface area contributed by atoms with E-state index in [0.29, 0.717) is 13.2 Å². The van der Waals surface area contributed by atoms with Gasteiger partial charge in [0.2, 0.25) is 0 Å². The topological polar surface area (TPSA) is 36.9 Å². The van der Waals surface area contributed by atoms with E-state index in [0.717, 1.165) is 25.6 Å². The van der Waals surface area contributed by atoms with E-state index in [9.17, 15) is 0 Å². The Balaban J connectivity index is 1.49. The van der Waals surface area contributed by atoms with Gasteiger partial charge in [0, 0.05) is 20.1 Å². The highest BCUT2D eigenvalue weighted by Crippen LogP contribution is 2.09. The second-order valence-corrected chi connectivity index (χ2v) is 5.78. The summed E-state index contributed by atoms with van der Waals surface area (Å²) in [6, 6.07) is 18.8. The molecule has 0 aromatic heterocycles. The molecule has 0 unspecified atom stereocenters. The van der Waals surface area contributed by atoms with Crippen molar-refractivity contribution in [3.05, 3.63) is 71.3 Å². The van der Waals surface area contributed by atoms with Crippen LogP contribution in [0.25, 0.3) is 0 Å². The Hall–Kier alpha value is -2.33. The lowest BCUT2D eigenvalue weighted by Crippen LogP contribution is -2.35. The van der Waals surface area contributed by atoms with Gasteiger partial charge in [0.15, 0.2) is 5.96 Å². The minimum Gasteiger partial charge on any atom is -0.372 e. The molecule has 0 saturated carbocycles. The normalized spacial score (nSPS) is 14.0. The number of rotatable bonds is 6. The average molecular weight is 309 g/mol. The number of aliphatic imine (C=N–C) groups is 1. The summed E-state index contributed by atoms with van der Waals surface area (Å²) in [7, 11) is 2.06. The first-order valence-electron chi connectivity index (χ1n) is 8.00. The fourth-order valence-electron chi connectivity index (χ4n) is 2.59. The first-order valence-corrected chi connectivity index (χ1v) is 8.00. The third-order valence-corrected chi connectivity index (χ3v) is 3.88. The zero-order valence-electron chi connectivity index (χ0n) is 13.5. The van der Waals surface area contributed by atoms with Crippen molar-refractivity contribution in [3.63, 3.8) is 0 Å². The molecule has 1 aliphatic rings. The molecule has 4 nitrogen and oxygen atoms in total. The Morgan fingerprint density at radius 2 is 1.74 bits per heavy atom. The molecule has 1 aliphatic heterocycles. The first kappa shape index (κ1) is 15.6. The van der Waals surface area contributed by atoms with Crippen molar-refractivity contribution in [1.82, 2.24) is 10.2 Å². The molecule has 2 aromatic carbocycles. The van der Waals surface area contributed by atoms with Crippen molar-refractivity contribution >= 4 is 5.96 Å². The van der Waals surface area contributed by atoms with Crippen LogP contribution in [0.3, 0.4) is 0 Å². The van der Waals surface area contributed by atoms with E-state index in [-0.39, 0.29) is 0 Å². The molecule has 23 heavy (non-hydrogen) atoms. The number of likely N-dealkylation sites (N-methyl/N-ethyl adjacent to an activating group) is 1. The van der Waals surface area contributed by atoms with Gasteiger partial charge >= 0.3 is 0 Å². The minimum atomic E-state index is 0.629. The molecule has 0 amide bonds. The van der Waals surface area contributed by atoms with Gasteiger partial charge in [-0.15, -0.1) is 0 Å². The van der Waals surface area contributed by atoms with Crippen LogP contribution in [0.4, 0.5) is 0 Å². The monoisotopic (exact) mass is 309 g/mol. The van der Waals surface area contributed by atoms with Gasteiger partial charge in [-0.1, -0.05) is 54.6 Å². The fraction of sp³-hybridized carbons (Fsp3) is 0.316. The van der Waals surface area contributed by atoms with Crippen LogP contribution in [0.2, 0.25) is 0 Å². The molecule has 1 N–H and O–H groups in total. The molecule has 2 aromatic rings. The van der Waals surface area contributed by atoms with Gasteiger partial charge < -0.3 is 15.0 Å². The van der Waals surface area contributed by atoms with Crippen molar-refractivity contribution < 1.29 is 4.74 Å². The summed E-state index contributed by atoms with van der Waals surface area (Å²) in [6.07, 6.45) is 0. The number of ether oxygens (including phenoxy) is 1. The molecule has 3 rings (SSSR count). The maximum Gasteiger partial charge on any atom is 0.194 e. The summed E-state index contributed by atoms with van der Waals surface area (Å²) in [5.74, 6) is 0.982. The number of hydrogen-bond acceptors (Lipinski definition) is 4. The standard InChI is InChI=1S/C19H23N3O/c1-22-11-10-20-19(22)21-13-17-8-5-9-18(12-17)15-23-14-16-6-3-2-4-7-16/h2-9,12H,10-11,13-15H2,1H3,(H,20,21). The maximum atomic E-state index is 5.80. The largest absolute Gasteiger partial charge is 0.372 e. The highest BCUT2D eigenvalue weighted by molar-refractivity contribution is 5.81. The van der Waals surface area contributed by atoms with Crippen LogP contribution in [0.15, 0.2) is 59.6 Å². The van der Waals surface area contributed by atoms with Crippen molar-refractivity contribution in [2.75, 3.05) is 20.1 Å². The number of nitrogens with zero attached hydrogens (tertiary/aromatic N) is 2. The van der Waals surface area contributed by atoms with E-state index in [1.54, 1.807) is 0 Å². The third kappa shape index (κ3) is 4.57. The SMILES string of the molecule is CN1CCN=C1NCc1cccc(COCc2ccccc2)c1. The second-order valence-electron chi connectivity index (χ2n) is 5.78. The van der Waals surface area contributed by atoms with Gasteiger partial charge in [-0.2, -0.15) is 0 Å². The minimum absolute atomic E-state index is 0.629. The average Bonchev–Trinajstić information content (AvgIpc) is 2.99. The summed E-state index contributed by atoms with van der Waals surface area (Å²) in [6.45, 7) is 3.94. The van der Waals surface area contributed by atoms with Crippen LogP contribution in [-0.2, 0) is 24.5 Å². The van der Waals surface area contributed by atoms with Gasteiger partial charge in [0.05, 0.1) is 19.8 Å². The zero-order valence-corrected chi connectivity index (χ0v) is 13.5. The van der Waals surface area contributed by atoms with Gasteiger partial charge in [-0.3, -0.25) is 4.99 Å². The number of nitrogens with one attached hydrogen (secondary N) is 1. The summed E-state index contributed by atoms with van der Waals surface area (Å²) < 4.78 is 5.80. The lowest BCUT2D eigenvalue weighted by molar-refractivity contribution is 0.107. The maximum absolute atomic E-state index is 5.80. The Kier molecular flexibility index (Phi) is 5.27. The van der Waals surface area contributed by atoms with Gasteiger partial charge in [0.1, 0.15) is 0 Å². The summed E-state index contributed by atoms with van der Waals surface area (Å²) in [5.41, 5.74) is 3.64. The molecule has 0 atom stereocenters. The van der Waals surface area contributed by atoms with Crippen molar-refractivity contribution in [2.45, 2.75) is 19.8 Å². The Bertz CT molecular complexity index is 655. The predicted molar refractivity (Wildman–Crippen MR) is 93.1 cm³/mol. The van der Waals surface area contributed by atoms with E-state index in [4.69, 9.17) is 4.74 Å². The molecule has 0 fully saturated rings. The Morgan fingerprint density at radius 1 is 1.00 bits per heavy atom. The summed E-state index contributed by atoms with van der Waals surface area (Å²) >= 11 is 0. The molecule has 0 radical (unpaired) electrons. The molecular weight excluding hydrogens is 286 g/mol. The number of guanidine groups is 1. The van der Waals surface area contributed by atoms with E-state index >= 15 is 0 Å². The Labute approximate surface area is 137 Å². The van der Waals surface area contributed by atoms with Crippen LogP contribution >= 0.6 is 0 Å². The van der Waals surface area contributed by atoms with Crippen LogP contribution in [0.5, 0.6) is 0 Å². The van der Waals surface area contributed by atoms with Crippen molar-refractivity contribution in [3.8, 4) is 0 Å². The van der Waals surface area contributed by atoms with E-state index in [2.05, 4.69) is 58.7 Å². The number of hydrogen-bond donors (Lipinski definition) is 1. The summed E-state index contributed by atoms with van der Waals surface area (Å²) in [4.78, 5) is 6.59. The van der Waals surface area contributed by atoms with Crippen LogP contribution in [0, 0.1) is 0 Å². The highest BCUT2D eigenvalue weighted by Gasteiger charge is 2.11. The van der Waals surface area contributed by atoms with Gasteiger partial charge in [-0.05, 0) is 16.7 Å². The highest BCUT2D eigenvalue weighted by atomic mass is 16.5. The van der Waals surface area contributed by atoms with Gasteiger partial charge in [0.25, 0.3) is 0 Å². The van der Waals surface area contributed by atoms with Crippen LogP contribution in [0.1, 0.15) is 16.7 Å². The quantitative estimate of drug-likeness (QED) is 0.891. The van der Waals surface area contributed by atoms with E-state index in [1.165, 1.54) is 16.7 Å². The zero-order chi connectivity index (χ0) is 15.9. The third-order valence-electron chi connectivity index (χ3n) is 3.88. The van der Waals surface area contributed by atoms with Crippen LogP contribution in [-0.4, -0.2) is 31.0 Å². The van der Waals surface area contributed by atoms with Crippen LogP contribution < -0.4 is 5.32 Å². The number of benzene rings is 2. The molecule has 1 heterocycles. The lowest BCUT2D eigenvalue weighted by Gasteiger charge is -2.15. The van der Waals surface area contributed by atoms with Crippen molar-refractivity contribution in [1.29, 1.82) is 0 Å². The molecule has 0 saturated heterocycles. The first-order chi connectivity index (χ1) is 11.3. The smallest absolute Gasteiger partial charge is 0.194 e. The Morgan fingerprint density at radius 3 is 2.52 bits per heavy atom. The molecule has 0 bridgehead atoms. The fourth-order valence-corrected chi connectivity index (χ4v) is 2.59. The molecule has 4 heteroatoms. The van der Waals surface area contributed by atoms with Crippen molar-refractivity contribution in [2.24, 2.45) is 4.99 Å². The molecular formula is C19H23N3O. The predicted octanol–water partition coefficient (Wildman–Crippen LogP) is 2.79. The second kappa shape index (κ2) is 7.79. The molecule has 120 valence electrons. The van der Waals surface area contributed by atoms with E-state index < -0.39 is 0 Å². The lowest BCUT2D eigenvalue weighted by atomic mass is 10.1. The van der Waals surface area contributed by atoms with E-state index in [1.807, 2.05) is 18.2 Å². The molecule has 0 aliphatic carbocycles. The summed E-state index contributed by atoms with van der Waals surface area (Å²) in [5, 5.41) is 3.39.